The maximum atomic E-state index is 11.7. The number of carbonyl (C=O) groups excluding carboxylic acids is 1. The molecule has 0 aliphatic rings. The highest BCUT2D eigenvalue weighted by Gasteiger charge is 2.13. The number of nitrogens with one attached hydrogen (secondary N) is 1. The van der Waals surface area contributed by atoms with Crippen LogP contribution in [0.1, 0.15) is 31.9 Å². The summed E-state index contributed by atoms with van der Waals surface area (Å²) in [7, 11) is 0. The second kappa shape index (κ2) is 8.11. The number of hydrazone groups is 1. The summed E-state index contributed by atoms with van der Waals surface area (Å²) >= 11 is 3.38. The molecule has 5 heteroatoms. The minimum atomic E-state index is -0.304. The third-order valence-corrected chi connectivity index (χ3v) is 3.84. The van der Waals surface area contributed by atoms with Gasteiger partial charge in [-0.05, 0) is 40.8 Å². The lowest BCUT2D eigenvalue weighted by Gasteiger charge is -2.19. The molecule has 0 aromatic heterocycles. The molecule has 0 saturated carbocycles. The fraction of sp³-hybridized carbons (Fsp3) is 0.263. The SMILES string of the molecule is CC(C)(C)c1ccc(OCC(=O)NN=Cc2cccc(Br)c2)cc1. The van der Waals surface area contributed by atoms with Gasteiger partial charge in [0.15, 0.2) is 6.61 Å². The minimum Gasteiger partial charge on any atom is -0.484 e. The van der Waals surface area contributed by atoms with Gasteiger partial charge in [0.05, 0.1) is 6.21 Å². The summed E-state index contributed by atoms with van der Waals surface area (Å²) in [5.74, 6) is 0.357. The molecule has 0 aliphatic carbocycles. The molecule has 0 saturated heterocycles. The standard InChI is InChI=1S/C19H21BrN2O2/c1-19(2,3)15-7-9-17(10-8-15)24-13-18(23)22-21-12-14-5-4-6-16(20)11-14/h4-12H,13H2,1-3H3,(H,22,23). The van der Waals surface area contributed by atoms with Crippen molar-refractivity contribution in [3.8, 4) is 5.75 Å². The largest absolute Gasteiger partial charge is 0.484 e. The van der Waals surface area contributed by atoms with E-state index in [1.165, 1.54) is 5.56 Å². The summed E-state index contributed by atoms with van der Waals surface area (Å²) in [6.45, 7) is 6.38. The zero-order valence-corrected chi connectivity index (χ0v) is 15.6. The first-order valence-electron chi connectivity index (χ1n) is 7.65. The summed E-state index contributed by atoms with van der Waals surface area (Å²) in [4.78, 5) is 11.7. The first-order chi connectivity index (χ1) is 11.3. The van der Waals surface area contributed by atoms with E-state index in [-0.39, 0.29) is 17.9 Å². The van der Waals surface area contributed by atoms with E-state index in [0.29, 0.717) is 5.75 Å². The Labute approximate surface area is 151 Å². The van der Waals surface area contributed by atoms with Crippen LogP contribution in [-0.4, -0.2) is 18.7 Å². The van der Waals surface area contributed by atoms with E-state index in [9.17, 15) is 4.79 Å². The van der Waals surface area contributed by atoms with Gasteiger partial charge in [0.25, 0.3) is 5.91 Å². The molecule has 0 unspecified atom stereocenters. The number of benzene rings is 2. The molecule has 0 spiro atoms. The van der Waals surface area contributed by atoms with Crippen LogP contribution in [0.5, 0.6) is 5.75 Å². The van der Waals surface area contributed by atoms with Crippen molar-refractivity contribution in [2.45, 2.75) is 26.2 Å². The highest BCUT2D eigenvalue weighted by Crippen LogP contribution is 2.24. The predicted octanol–water partition coefficient (Wildman–Crippen LogP) is 4.28. The van der Waals surface area contributed by atoms with Crippen molar-refractivity contribution in [3.63, 3.8) is 0 Å². The molecular weight excluding hydrogens is 368 g/mol. The van der Waals surface area contributed by atoms with Gasteiger partial charge in [-0.25, -0.2) is 5.43 Å². The van der Waals surface area contributed by atoms with Gasteiger partial charge in [-0.3, -0.25) is 4.79 Å². The van der Waals surface area contributed by atoms with Crippen molar-refractivity contribution in [2.24, 2.45) is 5.10 Å². The molecule has 126 valence electrons. The van der Waals surface area contributed by atoms with Gasteiger partial charge in [-0.15, -0.1) is 0 Å². The van der Waals surface area contributed by atoms with Gasteiger partial charge >= 0.3 is 0 Å². The number of ether oxygens (including phenoxy) is 1. The van der Waals surface area contributed by atoms with Crippen LogP contribution < -0.4 is 10.2 Å². The fourth-order valence-electron chi connectivity index (χ4n) is 2.00. The van der Waals surface area contributed by atoms with Gasteiger partial charge in [-0.2, -0.15) is 5.10 Å². The quantitative estimate of drug-likeness (QED) is 0.613. The first-order valence-corrected chi connectivity index (χ1v) is 8.45. The highest BCUT2D eigenvalue weighted by atomic mass is 79.9. The normalized spacial score (nSPS) is 11.5. The molecule has 0 aliphatic heterocycles. The lowest BCUT2D eigenvalue weighted by Crippen LogP contribution is -2.24. The van der Waals surface area contributed by atoms with Crippen LogP contribution in [0.3, 0.4) is 0 Å². The van der Waals surface area contributed by atoms with Crippen LogP contribution in [0.4, 0.5) is 0 Å². The molecule has 0 bridgehead atoms. The van der Waals surface area contributed by atoms with E-state index < -0.39 is 0 Å². The molecule has 2 rings (SSSR count). The third-order valence-electron chi connectivity index (χ3n) is 3.34. The molecule has 0 heterocycles. The van der Waals surface area contributed by atoms with Crippen molar-refractivity contribution in [1.82, 2.24) is 5.43 Å². The molecule has 0 fully saturated rings. The number of amides is 1. The van der Waals surface area contributed by atoms with Crippen LogP contribution in [0.15, 0.2) is 58.1 Å². The van der Waals surface area contributed by atoms with Gasteiger partial charge in [-0.1, -0.05) is 61.0 Å². The molecule has 2 aromatic rings. The van der Waals surface area contributed by atoms with Crippen LogP contribution in [0.2, 0.25) is 0 Å². The molecule has 1 amide bonds. The predicted molar refractivity (Wildman–Crippen MR) is 101 cm³/mol. The third kappa shape index (κ3) is 5.81. The Kier molecular flexibility index (Phi) is 6.15. The van der Waals surface area contributed by atoms with E-state index in [4.69, 9.17) is 4.74 Å². The lowest BCUT2D eigenvalue weighted by molar-refractivity contribution is -0.123. The summed E-state index contributed by atoms with van der Waals surface area (Å²) in [6, 6.07) is 15.4. The van der Waals surface area contributed by atoms with Crippen molar-refractivity contribution in [2.75, 3.05) is 6.61 Å². The average molecular weight is 389 g/mol. The van der Waals surface area contributed by atoms with Gasteiger partial charge < -0.3 is 4.74 Å². The second-order valence-corrected chi connectivity index (χ2v) is 7.33. The summed E-state index contributed by atoms with van der Waals surface area (Å²) in [5, 5.41) is 3.92. The van der Waals surface area contributed by atoms with Crippen molar-refractivity contribution in [1.29, 1.82) is 0 Å². The number of hydrogen-bond donors (Lipinski definition) is 1. The van der Waals surface area contributed by atoms with E-state index in [1.54, 1.807) is 6.21 Å². The van der Waals surface area contributed by atoms with Crippen molar-refractivity contribution >= 4 is 28.1 Å². The number of rotatable bonds is 5. The zero-order valence-electron chi connectivity index (χ0n) is 14.0. The maximum absolute atomic E-state index is 11.7. The molecule has 0 atom stereocenters. The Morgan fingerprint density at radius 1 is 1.21 bits per heavy atom. The second-order valence-electron chi connectivity index (χ2n) is 6.41. The molecule has 2 aromatic carbocycles. The minimum absolute atomic E-state index is 0.0787. The molecule has 0 radical (unpaired) electrons. The zero-order chi connectivity index (χ0) is 17.6. The van der Waals surface area contributed by atoms with Crippen molar-refractivity contribution in [3.05, 3.63) is 64.1 Å². The average Bonchev–Trinajstić information content (AvgIpc) is 2.52. The summed E-state index contributed by atoms with van der Waals surface area (Å²) < 4.78 is 6.42. The van der Waals surface area contributed by atoms with E-state index in [0.717, 1.165) is 10.0 Å². The van der Waals surface area contributed by atoms with E-state index in [2.05, 4.69) is 47.2 Å². The molecular formula is C19H21BrN2O2. The monoisotopic (exact) mass is 388 g/mol. The number of hydrogen-bond acceptors (Lipinski definition) is 3. The Balaban J connectivity index is 1.81. The van der Waals surface area contributed by atoms with Crippen LogP contribution in [0.25, 0.3) is 0 Å². The highest BCUT2D eigenvalue weighted by molar-refractivity contribution is 9.10. The number of halogens is 1. The Morgan fingerprint density at radius 2 is 1.92 bits per heavy atom. The Morgan fingerprint density at radius 3 is 2.54 bits per heavy atom. The van der Waals surface area contributed by atoms with Gasteiger partial charge in [0.2, 0.25) is 0 Å². The molecule has 4 nitrogen and oxygen atoms in total. The first kappa shape index (κ1) is 18.2. The summed E-state index contributed by atoms with van der Waals surface area (Å²) in [6.07, 6.45) is 1.58. The fourth-order valence-corrected chi connectivity index (χ4v) is 2.41. The van der Waals surface area contributed by atoms with Crippen LogP contribution in [0, 0.1) is 0 Å². The Hall–Kier alpha value is -2.14. The van der Waals surface area contributed by atoms with E-state index >= 15 is 0 Å². The van der Waals surface area contributed by atoms with Crippen molar-refractivity contribution < 1.29 is 9.53 Å². The van der Waals surface area contributed by atoms with Gasteiger partial charge in [0.1, 0.15) is 5.75 Å². The van der Waals surface area contributed by atoms with Gasteiger partial charge in [0, 0.05) is 4.47 Å². The van der Waals surface area contributed by atoms with Crippen LogP contribution >= 0.6 is 15.9 Å². The molecule has 1 N–H and O–H groups in total. The Bertz CT molecular complexity index is 719. The lowest BCUT2D eigenvalue weighted by atomic mass is 9.87. The number of nitrogens with zero attached hydrogens (tertiary/aromatic N) is 1. The van der Waals surface area contributed by atoms with E-state index in [1.807, 2.05) is 48.5 Å². The smallest absolute Gasteiger partial charge is 0.277 e. The number of carbonyl (C=O) groups is 1. The topological polar surface area (TPSA) is 50.7 Å². The molecule has 24 heavy (non-hydrogen) atoms. The summed E-state index contributed by atoms with van der Waals surface area (Å²) in [5.41, 5.74) is 4.65. The van der Waals surface area contributed by atoms with Crippen LogP contribution in [-0.2, 0) is 10.2 Å². The maximum Gasteiger partial charge on any atom is 0.277 e.